The Morgan fingerprint density at radius 3 is 2.53 bits per heavy atom. The van der Waals surface area contributed by atoms with Crippen molar-refractivity contribution < 1.29 is 0 Å². The van der Waals surface area contributed by atoms with E-state index in [2.05, 4.69) is 33.8 Å². The maximum absolute atomic E-state index is 2.58. The minimum absolute atomic E-state index is 0.596. The summed E-state index contributed by atoms with van der Waals surface area (Å²) < 4.78 is 0. The fourth-order valence-electron chi connectivity index (χ4n) is 6.28. The van der Waals surface area contributed by atoms with Crippen LogP contribution < -0.4 is 0 Å². The summed E-state index contributed by atoms with van der Waals surface area (Å²) in [5.41, 5.74) is 3.67. The van der Waals surface area contributed by atoms with E-state index in [1.165, 1.54) is 44.9 Å². The first-order valence-electron chi connectivity index (χ1n) is 7.58. The van der Waals surface area contributed by atoms with Gasteiger partial charge < -0.3 is 0 Å². The summed E-state index contributed by atoms with van der Waals surface area (Å²) in [4.78, 5) is 0. The van der Waals surface area contributed by atoms with E-state index in [0.29, 0.717) is 16.2 Å². The predicted octanol–water partition coefficient (Wildman–Crippen LogP) is 5.34. The molecule has 4 saturated carbocycles. The smallest absolute Gasteiger partial charge is 0.00779 e. The molecule has 4 fully saturated rings. The summed E-state index contributed by atoms with van der Waals surface area (Å²) in [6.07, 6.45) is 12.9. The third-order valence-corrected chi connectivity index (χ3v) is 6.48. The molecule has 0 nitrogen and oxygen atoms in total. The van der Waals surface area contributed by atoms with Gasteiger partial charge in [0.05, 0.1) is 0 Å². The Labute approximate surface area is 107 Å². The lowest BCUT2D eigenvalue weighted by atomic mass is 9.38. The molecule has 0 aromatic heterocycles. The summed E-state index contributed by atoms with van der Waals surface area (Å²) in [5, 5.41) is 0. The Kier molecular flexibility index (Phi) is 2.36. The van der Waals surface area contributed by atoms with Crippen LogP contribution in [0.2, 0.25) is 0 Å². The summed E-state index contributed by atoms with van der Waals surface area (Å²) in [7, 11) is 0. The molecule has 0 saturated heterocycles. The van der Waals surface area contributed by atoms with Crippen LogP contribution in [-0.4, -0.2) is 0 Å². The molecule has 17 heavy (non-hydrogen) atoms. The van der Waals surface area contributed by atoms with Gasteiger partial charge in [-0.2, -0.15) is 0 Å². The summed E-state index contributed by atoms with van der Waals surface area (Å²) in [6, 6.07) is 0. The Balaban J connectivity index is 2.04. The molecular formula is C17H28. The normalized spacial score (nSPS) is 53.2. The van der Waals surface area contributed by atoms with Crippen LogP contribution in [0.15, 0.2) is 11.6 Å². The standard InChI is InChI=1S/C17H28/c1-5-13(3)17-9-14-7-15(4,11-17)10-16(6-2,8-14)12-17/h5,14H,6-12H2,1-4H3. The summed E-state index contributed by atoms with van der Waals surface area (Å²) >= 11 is 0. The second-order valence-electron chi connectivity index (χ2n) is 7.92. The SMILES string of the molecule is CC=C(C)C12CC3CC(C)(CC(CC)(C3)C1)C2. The molecule has 96 valence electrons. The molecule has 4 rings (SSSR count). The highest BCUT2D eigenvalue weighted by Crippen LogP contribution is 2.72. The number of rotatable bonds is 2. The van der Waals surface area contributed by atoms with Gasteiger partial charge in [0, 0.05) is 0 Å². The first kappa shape index (κ1) is 11.8. The highest BCUT2D eigenvalue weighted by Gasteiger charge is 2.61. The van der Waals surface area contributed by atoms with E-state index in [1.54, 1.807) is 5.57 Å². The topological polar surface area (TPSA) is 0 Å². The van der Waals surface area contributed by atoms with Crippen LogP contribution in [0.3, 0.4) is 0 Å². The van der Waals surface area contributed by atoms with Crippen molar-refractivity contribution in [3.8, 4) is 0 Å². The highest BCUT2D eigenvalue weighted by atomic mass is 14.7. The second-order valence-corrected chi connectivity index (χ2v) is 7.92. The summed E-state index contributed by atoms with van der Waals surface area (Å²) in [5.74, 6) is 1.03. The molecule has 4 aliphatic carbocycles. The van der Waals surface area contributed by atoms with E-state index in [9.17, 15) is 0 Å². The summed E-state index contributed by atoms with van der Waals surface area (Å²) in [6.45, 7) is 9.67. The van der Waals surface area contributed by atoms with E-state index < -0.39 is 0 Å². The van der Waals surface area contributed by atoms with Crippen LogP contribution in [0.4, 0.5) is 0 Å². The highest BCUT2D eigenvalue weighted by molar-refractivity contribution is 5.22. The quantitative estimate of drug-likeness (QED) is 0.564. The fourth-order valence-corrected chi connectivity index (χ4v) is 6.28. The van der Waals surface area contributed by atoms with Crippen LogP contribution in [0.5, 0.6) is 0 Å². The zero-order valence-corrected chi connectivity index (χ0v) is 12.1. The molecular weight excluding hydrogens is 204 g/mol. The van der Waals surface area contributed by atoms with Crippen LogP contribution in [-0.2, 0) is 0 Å². The Morgan fingerprint density at radius 2 is 1.94 bits per heavy atom. The maximum Gasteiger partial charge on any atom is -0.00779 e. The van der Waals surface area contributed by atoms with Gasteiger partial charge in [-0.1, -0.05) is 31.9 Å². The van der Waals surface area contributed by atoms with Gasteiger partial charge in [-0.05, 0) is 74.5 Å². The van der Waals surface area contributed by atoms with Gasteiger partial charge in [0.2, 0.25) is 0 Å². The van der Waals surface area contributed by atoms with E-state index in [-0.39, 0.29) is 0 Å². The number of hydrogen-bond donors (Lipinski definition) is 0. The molecule has 0 N–H and O–H groups in total. The third-order valence-electron chi connectivity index (χ3n) is 6.48. The van der Waals surface area contributed by atoms with Crippen molar-refractivity contribution >= 4 is 0 Å². The molecule has 0 aromatic carbocycles. The molecule has 4 unspecified atom stereocenters. The molecule has 0 aliphatic heterocycles. The first-order chi connectivity index (χ1) is 7.95. The van der Waals surface area contributed by atoms with Gasteiger partial charge in [0.1, 0.15) is 0 Å². The van der Waals surface area contributed by atoms with Crippen molar-refractivity contribution in [2.75, 3.05) is 0 Å². The number of hydrogen-bond acceptors (Lipinski definition) is 0. The zero-order chi connectivity index (χ0) is 12.3. The van der Waals surface area contributed by atoms with Gasteiger partial charge in [0.15, 0.2) is 0 Å². The van der Waals surface area contributed by atoms with Gasteiger partial charge in [-0.25, -0.2) is 0 Å². The fraction of sp³-hybridized carbons (Fsp3) is 0.882. The lowest BCUT2D eigenvalue weighted by Crippen LogP contribution is -2.56. The molecule has 0 radical (unpaired) electrons. The van der Waals surface area contributed by atoms with Gasteiger partial charge >= 0.3 is 0 Å². The van der Waals surface area contributed by atoms with Crippen LogP contribution >= 0.6 is 0 Å². The Bertz CT molecular complexity index is 366. The van der Waals surface area contributed by atoms with Gasteiger partial charge in [-0.15, -0.1) is 0 Å². The minimum atomic E-state index is 0.596. The van der Waals surface area contributed by atoms with E-state index in [1.807, 2.05) is 0 Å². The largest absolute Gasteiger partial charge is 0.0882 e. The van der Waals surface area contributed by atoms with E-state index >= 15 is 0 Å². The molecule has 0 aromatic rings. The van der Waals surface area contributed by atoms with Crippen LogP contribution in [0.1, 0.15) is 72.6 Å². The average molecular weight is 232 g/mol. The minimum Gasteiger partial charge on any atom is -0.0882 e. The van der Waals surface area contributed by atoms with Crippen molar-refractivity contribution in [1.82, 2.24) is 0 Å². The average Bonchev–Trinajstić information content (AvgIpc) is 2.24. The van der Waals surface area contributed by atoms with Crippen LogP contribution in [0.25, 0.3) is 0 Å². The first-order valence-corrected chi connectivity index (χ1v) is 7.58. The molecule has 4 atom stereocenters. The van der Waals surface area contributed by atoms with Crippen molar-refractivity contribution in [2.24, 2.45) is 22.2 Å². The van der Waals surface area contributed by atoms with Crippen molar-refractivity contribution in [1.29, 1.82) is 0 Å². The maximum atomic E-state index is 2.58. The van der Waals surface area contributed by atoms with Crippen molar-refractivity contribution in [3.63, 3.8) is 0 Å². The second kappa shape index (κ2) is 3.39. The van der Waals surface area contributed by atoms with Crippen LogP contribution in [0, 0.1) is 22.2 Å². The lowest BCUT2D eigenvalue weighted by Gasteiger charge is -2.66. The molecule has 4 bridgehead atoms. The van der Waals surface area contributed by atoms with Gasteiger partial charge in [-0.3, -0.25) is 0 Å². The predicted molar refractivity (Wildman–Crippen MR) is 73.9 cm³/mol. The Hall–Kier alpha value is -0.260. The van der Waals surface area contributed by atoms with E-state index in [4.69, 9.17) is 0 Å². The van der Waals surface area contributed by atoms with Crippen molar-refractivity contribution in [2.45, 2.75) is 72.6 Å². The van der Waals surface area contributed by atoms with Crippen molar-refractivity contribution in [3.05, 3.63) is 11.6 Å². The zero-order valence-electron chi connectivity index (χ0n) is 12.1. The Morgan fingerprint density at radius 1 is 1.18 bits per heavy atom. The molecule has 0 heteroatoms. The number of allylic oxidation sites excluding steroid dienone is 2. The van der Waals surface area contributed by atoms with E-state index in [0.717, 1.165) is 5.92 Å². The van der Waals surface area contributed by atoms with Gasteiger partial charge in [0.25, 0.3) is 0 Å². The monoisotopic (exact) mass is 232 g/mol. The third kappa shape index (κ3) is 1.55. The lowest BCUT2D eigenvalue weighted by molar-refractivity contribution is -0.138. The molecule has 0 spiro atoms. The molecule has 0 amide bonds. The molecule has 4 aliphatic rings. The molecule has 0 heterocycles.